The molecule has 0 spiro atoms. The van der Waals surface area contributed by atoms with Crippen LogP contribution in [0.1, 0.15) is 48.8 Å². The smallest absolute Gasteiger partial charge is 0.142 e. The van der Waals surface area contributed by atoms with Crippen molar-refractivity contribution in [2.24, 2.45) is 5.73 Å². The molecular weight excluding hydrogens is 248 g/mol. The Morgan fingerprint density at radius 2 is 2.15 bits per heavy atom. The van der Waals surface area contributed by atoms with E-state index < -0.39 is 0 Å². The minimum absolute atomic E-state index is 0.527. The fourth-order valence-corrected chi connectivity index (χ4v) is 2.96. The van der Waals surface area contributed by atoms with Gasteiger partial charge < -0.3 is 5.73 Å². The van der Waals surface area contributed by atoms with Gasteiger partial charge in [0, 0.05) is 36.6 Å². The Kier molecular flexibility index (Phi) is 3.83. The van der Waals surface area contributed by atoms with Crippen LogP contribution in [0.2, 0.25) is 0 Å². The summed E-state index contributed by atoms with van der Waals surface area (Å²) in [5.41, 5.74) is 9.70. The van der Waals surface area contributed by atoms with Crippen LogP contribution < -0.4 is 5.73 Å². The molecule has 1 aliphatic carbocycles. The third-order valence-electron chi connectivity index (χ3n) is 4.00. The van der Waals surface area contributed by atoms with Gasteiger partial charge in [0.25, 0.3) is 0 Å². The van der Waals surface area contributed by atoms with Gasteiger partial charge in [0.2, 0.25) is 0 Å². The van der Waals surface area contributed by atoms with Crippen LogP contribution in [0.5, 0.6) is 0 Å². The van der Waals surface area contributed by atoms with Crippen LogP contribution in [0.15, 0.2) is 18.5 Å². The van der Waals surface area contributed by atoms with Crippen LogP contribution >= 0.6 is 0 Å². The molecular formula is C16H22N4. The molecule has 0 atom stereocenters. The van der Waals surface area contributed by atoms with Crippen molar-refractivity contribution in [2.75, 3.05) is 0 Å². The zero-order valence-electron chi connectivity index (χ0n) is 12.1. The van der Waals surface area contributed by atoms with Crippen molar-refractivity contribution in [1.82, 2.24) is 14.5 Å². The molecule has 0 aromatic carbocycles. The van der Waals surface area contributed by atoms with Gasteiger partial charge in [-0.25, -0.2) is 9.97 Å². The first kappa shape index (κ1) is 13.3. The minimum atomic E-state index is 0.527. The maximum absolute atomic E-state index is 5.94. The Labute approximate surface area is 120 Å². The molecule has 1 aliphatic rings. The number of imidazole rings is 1. The minimum Gasteiger partial charge on any atom is -0.326 e. The number of nitrogens with zero attached hydrogens (tertiary/aromatic N) is 3. The molecule has 106 valence electrons. The van der Waals surface area contributed by atoms with Gasteiger partial charge in [-0.05, 0) is 43.7 Å². The van der Waals surface area contributed by atoms with E-state index in [1.54, 1.807) is 0 Å². The number of hydrogen-bond acceptors (Lipinski definition) is 3. The number of nitrogens with two attached hydrogens (primary N) is 1. The molecule has 2 aromatic rings. The van der Waals surface area contributed by atoms with E-state index in [2.05, 4.69) is 22.5 Å². The zero-order valence-corrected chi connectivity index (χ0v) is 12.1. The highest BCUT2D eigenvalue weighted by molar-refractivity contribution is 5.41. The molecule has 0 amide bonds. The molecule has 2 N–H and O–H groups in total. The lowest BCUT2D eigenvalue weighted by atomic mass is 9.94. The van der Waals surface area contributed by atoms with Crippen LogP contribution in [0.3, 0.4) is 0 Å². The Hall–Kier alpha value is -1.68. The molecule has 4 heteroatoms. The van der Waals surface area contributed by atoms with E-state index in [-0.39, 0.29) is 0 Å². The molecule has 2 heterocycles. The summed E-state index contributed by atoms with van der Waals surface area (Å²) in [6.45, 7) is 2.70. The summed E-state index contributed by atoms with van der Waals surface area (Å²) in [5.74, 6) is 2.06. The first-order valence-corrected chi connectivity index (χ1v) is 7.57. The second-order valence-electron chi connectivity index (χ2n) is 5.45. The number of hydrogen-bond donors (Lipinski definition) is 1. The normalized spacial score (nSPS) is 14.3. The predicted molar refractivity (Wildman–Crippen MR) is 79.9 cm³/mol. The number of aryl methyl sites for hydroxylation is 3. The van der Waals surface area contributed by atoms with E-state index >= 15 is 0 Å². The molecule has 0 fully saturated rings. The van der Waals surface area contributed by atoms with Crippen LogP contribution in [0, 0.1) is 0 Å². The molecule has 4 nitrogen and oxygen atoms in total. The Balaban J connectivity index is 2.09. The van der Waals surface area contributed by atoms with Crippen LogP contribution in [-0.2, 0) is 25.8 Å². The quantitative estimate of drug-likeness (QED) is 0.929. The zero-order chi connectivity index (χ0) is 13.9. The molecule has 3 rings (SSSR count). The molecule has 0 unspecified atom stereocenters. The first-order chi connectivity index (χ1) is 9.83. The van der Waals surface area contributed by atoms with E-state index in [4.69, 9.17) is 10.7 Å². The highest BCUT2D eigenvalue weighted by Crippen LogP contribution is 2.24. The van der Waals surface area contributed by atoms with Gasteiger partial charge in [-0.1, -0.05) is 6.92 Å². The van der Waals surface area contributed by atoms with Gasteiger partial charge in [-0.15, -0.1) is 0 Å². The summed E-state index contributed by atoms with van der Waals surface area (Å²) >= 11 is 0. The molecule has 0 aliphatic heterocycles. The lowest BCUT2D eigenvalue weighted by Crippen LogP contribution is -2.14. The van der Waals surface area contributed by atoms with Gasteiger partial charge >= 0.3 is 0 Å². The number of rotatable bonds is 4. The summed E-state index contributed by atoms with van der Waals surface area (Å²) in [6.07, 6.45) is 10.6. The first-order valence-electron chi connectivity index (χ1n) is 7.57. The summed E-state index contributed by atoms with van der Waals surface area (Å²) in [4.78, 5) is 9.36. The number of aromatic nitrogens is 3. The highest BCUT2D eigenvalue weighted by atomic mass is 15.1. The fraction of sp³-hybridized carbons (Fsp3) is 0.500. The van der Waals surface area contributed by atoms with E-state index in [0.717, 1.165) is 42.9 Å². The third-order valence-corrected chi connectivity index (χ3v) is 4.00. The van der Waals surface area contributed by atoms with E-state index in [1.807, 2.05) is 12.4 Å². The molecule has 20 heavy (non-hydrogen) atoms. The summed E-state index contributed by atoms with van der Waals surface area (Å²) in [5, 5.41) is 0. The maximum atomic E-state index is 5.94. The molecule has 0 bridgehead atoms. The molecule has 0 saturated heterocycles. The fourth-order valence-electron chi connectivity index (χ4n) is 2.96. The van der Waals surface area contributed by atoms with E-state index in [0.29, 0.717) is 6.54 Å². The van der Waals surface area contributed by atoms with Gasteiger partial charge in [0.15, 0.2) is 0 Å². The second kappa shape index (κ2) is 5.75. The van der Waals surface area contributed by atoms with Crippen molar-refractivity contribution in [1.29, 1.82) is 0 Å². The van der Waals surface area contributed by atoms with Gasteiger partial charge in [-0.3, -0.25) is 4.57 Å². The van der Waals surface area contributed by atoms with Crippen molar-refractivity contribution in [2.45, 2.75) is 52.0 Å². The Morgan fingerprint density at radius 3 is 2.95 bits per heavy atom. The second-order valence-corrected chi connectivity index (χ2v) is 5.45. The van der Waals surface area contributed by atoms with E-state index in [9.17, 15) is 0 Å². The average molecular weight is 270 g/mol. The van der Waals surface area contributed by atoms with Crippen molar-refractivity contribution in [3.8, 4) is 5.82 Å². The summed E-state index contributed by atoms with van der Waals surface area (Å²) in [6, 6.07) is 2.26. The Bertz CT molecular complexity index is 601. The Morgan fingerprint density at radius 1 is 1.30 bits per heavy atom. The van der Waals surface area contributed by atoms with E-state index in [1.165, 1.54) is 24.1 Å². The summed E-state index contributed by atoms with van der Waals surface area (Å²) < 4.78 is 2.11. The molecule has 0 radical (unpaired) electrons. The predicted octanol–water partition coefficient (Wildman–Crippen LogP) is 2.56. The standard InChI is InChI=1S/C16H22N4/c1-2-5-15-18-8-9-20(15)16-13(11-17)10-12-6-3-4-7-14(12)19-16/h8-10H,2-7,11,17H2,1H3. The lowest BCUT2D eigenvalue weighted by Gasteiger charge is -2.19. The topological polar surface area (TPSA) is 56.7 Å². The molecule has 0 saturated carbocycles. The van der Waals surface area contributed by atoms with Crippen molar-refractivity contribution < 1.29 is 0 Å². The van der Waals surface area contributed by atoms with Crippen LogP contribution in [0.25, 0.3) is 5.82 Å². The van der Waals surface area contributed by atoms with Crippen LogP contribution in [-0.4, -0.2) is 14.5 Å². The number of fused-ring (bicyclic) bond motifs is 1. The third kappa shape index (κ3) is 2.36. The van der Waals surface area contributed by atoms with Crippen molar-refractivity contribution in [3.63, 3.8) is 0 Å². The van der Waals surface area contributed by atoms with Gasteiger partial charge in [0.05, 0.1) is 0 Å². The van der Waals surface area contributed by atoms with Gasteiger partial charge in [0.1, 0.15) is 11.6 Å². The SMILES string of the molecule is CCCc1nccn1-c1nc2c(cc1CN)CCCC2. The maximum Gasteiger partial charge on any atom is 0.142 e. The van der Waals surface area contributed by atoms with Crippen molar-refractivity contribution in [3.05, 3.63) is 41.1 Å². The van der Waals surface area contributed by atoms with Gasteiger partial charge in [-0.2, -0.15) is 0 Å². The summed E-state index contributed by atoms with van der Waals surface area (Å²) in [7, 11) is 0. The largest absolute Gasteiger partial charge is 0.326 e. The monoisotopic (exact) mass is 270 g/mol. The average Bonchev–Trinajstić information content (AvgIpc) is 2.94. The highest BCUT2D eigenvalue weighted by Gasteiger charge is 2.16. The lowest BCUT2D eigenvalue weighted by molar-refractivity contribution is 0.660. The van der Waals surface area contributed by atoms with Crippen LogP contribution in [0.4, 0.5) is 0 Å². The van der Waals surface area contributed by atoms with Crippen molar-refractivity contribution >= 4 is 0 Å². The molecule has 2 aromatic heterocycles. The number of pyridine rings is 1.